The lowest BCUT2D eigenvalue weighted by molar-refractivity contribution is -0.125. The largest absolute Gasteiger partial charge is 0.444 e. The van der Waals surface area contributed by atoms with E-state index in [4.69, 9.17) is 15.2 Å². The Labute approximate surface area is 143 Å². The Morgan fingerprint density at radius 3 is 2.17 bits per heavy atom. The molecule has 8 nitrogen and oxygen atoms in total. The summed E-state index contributed by atoms with van der Waals surface area (Å²) < 4.78 is 10.7. The topological polar surface area (TPSA) is 88.3 Å². The number of nitrogens with two attached hydrogens (primary N) is 1. The van der Waals surface area contributed by atoms with Gasteiger partial charge < -0.3 is 20.1 Å². The third-order valence-corrected chi connectivity index (χ3v) is 4.27. The van der Waals surface area contributed by atoms with Crippen molar-refractivity contribution in [3.8, 4) is 0 Å². The minimum Gasteiger partial charge on any atom is -0.444 e. The number of piperazine rings is 1. The lowest BCUT2D eigenvalue weighted by Gasteiger charge is -2.40. The van der Waals surface area contributed by atoms with Gasteiger partial charge in [0.25, 0.3) is 0 Å². The summed E-state index contributed by atoms with van der Waals surface area (Å²) in [5.41, 5.74) is 5.12. The number of hydrogen-bond acceptors (Lipinski definition) is 6. The summed E-state index contributed by atoms with van der Waals surface area (Å²) in [6, 6.07) is -0.330. The maximum atomic E-state index is 12.1. The second kappa shape index (κ2) is 8.13. The fraction of sp³-hybridized carbons (Fsp3) is 0.875. The standard InChI is InChI=1S/C16H30N4O4/c1-16(2,3)24-15(22)20-6-4-19(5-7-20)13(14(17)21)12-18-8-10-23-11-9-18/h13H,4-12H2,1-3H3,(H2,17,21). The Morgan fingerprint density at radius 2 is 1.67 bits per heavy atom. The number of morpholine rings is 1. The normalized spacial score (nSPS) is 22.2. The Balaban J connectivity index is 1.86. The molecule has 2 N–H and O–H groups in total. The van der Waals surface area contributed by atoms with E-state index in [0.717, 1.165) is 13.1 Å². The van der Waals surface area contributed by atoms with Crippen molar-refractivity contribution in [1.82, 2.24) is 14.7 Å². The van der Waals surface area contributed by atoms with Gasteiger partial charge in [0.05, 0.1) is 13.2 Å². The molecule has 0 aliphatic carbocycles. The highest BCUT2D eigenvalue weighted by Gasteiger charge is 2.32. The first kappa shape index (κ1) is 19.0. The molecule has 0 aromatic heterocycles. The predicted molar refractivity (Wildman–Crippen MR) is 89.6 cm³/mol. The summed E-state index contributed by atoms with van der Waals surface area (Å²) in [5, 5.41) is 0. The van der Waals surface area contributed by atoms with Crippen molar-refractivity contribution in [2.24, 2.45) is 5.73 Å². The highest BCUT2D eigenvalue weighted by molar-refractivity contribution is 5.80. The van der Waals surface area contributed by atoms with Crippen LogP contribution in [0.4, 0.5) is 4.79 Å². The van der Waals surface area contributed by atoms with Crippen LogP contribution in [0.1, 0.15) is 20.8 Å². The molecule has 0 spiro atoms. The molecule has 2 aliphatic heterocycles. The first-order valence-corrected chi connectivity index (χ1v) is 8.57. The number of nitrogens with zero attached hydrogens (tertiary/aromatic N) is 3. The number of primary amides is 1. The van der Waals surface area contributed by atoms with E-state index in [1.165, 1.54) is 0 Å². The number of ether oxygens (including phenoxy) is 2. The van der Waals surface area contributed by atoms with E-state index in [-0.39, 0.29) is 18.0 Å². The van der Waals surface area contributed by atoms with E-state index in [9.17, 15) is 9.59 Å². The fourth-order valence-electron chi connectivity index (χ4n) is 2.96. The maximum absolute atomic E-state index is 12.1. The molecule has 2 rings (SSSR count). The summed E-state index contributed by atoms with van der Waals surface area (Å²) >= 11 is 0. The highest BCUT2D eigenvalue weighted by Crippen LogP contribution is 2.14. The number of carbonyl (C=O) groups excluding carboxylic acids is 2. The summed E-state index contributed by atoms with van der Waals surface area (Å²) in [6.45, 7) is 11.5. The van der Waals surface area contributed by atoms with Gasteiger partial charge >= 0.3 is 6.09 Å². The van der Waals surface area contributed by atoms with Crippen molar-refractivity contribution >= 4 is 12.0 Å². The summed E-state index contributed by atoms with van der Waals surface area (Å²) in [4.78, 5) is 30.0. The summed E-state index contributed by atoms with van der Waals surface area (Å²) in [6.07, 6.45) is -0.300. The summed E-state index contributed by atoms with van der Waals surface area (Å²) in [5.74, 6) is -0.313. The quantitative estimate of drug-likeness (QED) is 0.756. The third kappa shape index (κ3) is 5.61. The van der Waals surface area contributed by atoms with Gasteiger partial charge in [0.15, 0.2) is 0 Å². The van der Waals surface area contributed by atoms with E-state index in [2.05, 4.69) is 9.80 Å². The summed E-state index contributed by atoms with van der Waals surface area (Å²) in [7, 11) is 0. The second-order valence-corrected chi connectivity index (χ2v) is 7.33. The van der Waals surface area contributed by atoms with E-state index in [1.807, 2.05) is 20.8 Å². The van der Waals surface area contributed by atoms with Crippen LogP contribution in [0.5, 0.6) is 0 Å². The van der Waals surface area contributed by atoms with Crippen molar-refractivity contribution in [3.63, 3.8) is 0 Å². The molecule has 0 radical (unpaired) electrons. The van der Waals surface area contributed by atoms with Gasteiger partial charge in [-0.15, -0.1) is 0 Å². The van der Waals surface area contributed by atoms with Crippen molar-refractivity contribution in [3.05, 3.63) is 0 Å². The molecule has 2 aliphatic rings. The van der Waals surface area contributed by atoms with Gasteiger partial charge in [-0.1, -0.05) is 0 Å². The first-order valence-electron chi connectivity index (χ1n) is 8.57. The molecule has 24 heavy (non-hydrogen) atoms. The number of carbonyl (C=O) groups is 2. The van der Waals surface area contributed by atoms with Crippen molar-refractivity contribution < 1.29 is 19.1 Å². The van der Waals surface area contributed by atoms with Crippen LogP contribution in [0.2, 0.25) is 0 Å². The highest BCUT2D eigenvalue weighted by atomic mass is 16.6. The van der Waals surface area contributed by atoms with Crippen LogP contribution < -0.4 is 5.73 Å². The maximum Gasteiger partial charge on any atom is 0.410 e. The van der Waals surface area contributed by atoms with Gasteiger partial charge in [0.1, 0.15) is 11.6 Å². The van der Waals surface area contributed by atoms with E-state index < -0.39 is 5.60 Å². The molecule has 8 heteroatoms. The van der Waals surface area contributed by atoms with Crippen LogP contribution >= 0.6 is 0 Å². The van der Waals surface area contributed by atoms with Gasteiger partial charge in [0, 0.05) is 45.8 Å². The van der Waals surface area contributed by atoms with Crippen molar-refractivity contribution in [2.45, 2.75) is 32.4 Å². The average molecular weight is 342 g/mol. The minimum atomic E-state index is -0.500. The molecule has 2 amide bonds. The van der Waals surface area contributed by atoms with E-state index in [1.54, 1.807) is 4.90 Å². The van der Waals surface area contributed by atoms with Crippen LogP contribution in [-0.2, 0) is 14.3 Å². The van der Waals surface area contributed by atoms with Crippen LogP contribution in [-0.4, -0.2) is 97.4 Å². The zero-order valence-corrected chi connectivity index (χ0v) is 15.0. The predicted octanol–water partition coefficient (Wildman–Crippen LogP) is -0.275. The second-order valence-electron chi connectivity index (χ2n) is 7.33. The van der Waals surface area contributed by atoms with Gasteiger partial charge in [-0.05, 0) is 20.8 Å². The van der Waals surface area contributed by atoms with Gasteiger partial charge in [-0.3, -0.25) is 14.6 Å². The molecule has 2 heterocycles. The monoisotopic (exact) mass is 342 g/mol. The van der Waals surface area contributed by atoms with Crippen LogP contribution in [0, 0.1) is 0 Å². The Bertz CT molecular complexity index is 438. The lowest BCUT2D eigenvalue weighted by Crippen LogP contribution is -2.59. The average Bonchev–Trinajstić information content (AvgIpc) is 2.52. The smallest absolute Gasteiger partial charge is 0.410 e. The number of rotatable bonds is 4. The molecule has 0 aromatic carbocycles. The van der Waals surface area contributed by atoms with Crippen LogP contribution in [0.3, 0.4) is 0 Å². The van der Waals surface area contributed by atoms with Crippen LogP contribution in [0.15, 0.2) is 0 Å². The molecule has 1 unspecified atom stereocenters. The van der Waals surface area contributed by atoms with E-state index in [0.29, 0.717) is 45.9 Å². The zero-order valence-electron chi connectivity index (χ0n) is 15.0. The van der Waals surface area contributed by atoms with Gasteiger partial charge in [0.2, 0.25) is 5.91 Å². The molecule has 0 saturated carbocycles. The van der Waals surface area contributed by atoms with Crippen molar-refractivity contribution in [2.75, 3.05) is 59.0 Å². The fourth-order valence-corrected chi connectivity index (χ4v) is 2.96. The molecule has 2 fully saturated rings. The molecule has 138 valence electrons. The van der Waals surface area contributed by atoms with E-state index >= 15 is 0 Å². The first-order chi connectivity index (χ1) is 11.3. The Hall–Kier alpha value is -1.38. The van der Waals surface area contributed by atoms with Gasteiger partial charge in [-0.2, -0.15) is 0 Å². The Morgan fingerprint density at radius 1 is 1.08 bits per heavy atom. The molecule has 0 aromatic rings. The number of hydrogen-bond donors (Lipinski definition) is 1. The molecule has 0 bridgehead atoms. The number of amides is 2. The molecule has 2 saturated heterocycles. The van der Waals surface area contributed by atoms with Crippen molar-refractivity contribution in [1.29, 1.82) is 0 Å². The minimum absolute atomic E-state index is 0.300. The third-order valence-electron chi connectivity index (χ3n) is 4.27. The SMILES string of the molecule is CC(C)(C)OC(=O)N1CCN(C(CN2CCOCC2)C(N)=O)CC1. The van der Waals surface area contributed by atoms with Gasteiger partial charge in [-0.25, -0.2) is 4.79 Å². The Kier molecular flexibility index (Phi) is 6.42. The lowest BCUT2D eigenvalue weighted by atomic mass is 10.1. The molecular weight excluding hydrogens is 312 g/mol. The van der Waals surface area contributed by atoms with Crippen LogP contribution in [0.25, 0.3) is 0 Å². The molecule has 1 atom stereocenters. The molecular formula is C16H30N4O4. The zero-order chi connectivity index (χ0) is 17.7.